The number of hydrogen-bond donors (Lipinski definition) is 0. The van der Waals surface area contributed by atoms with Gasteiger partial charge in [-0.05, 0) is 60.9 Å². The Morgan fingerprint density at radius 2 is 1.00 bits per heavy atom. The van der Waals surface area contributed by atoms with Crippen LogP contribution in [0.2, 0.25) is 36.3 Å². The lowest BCUT2D eigenvalue weighted by Crippen LogP contribution is -2.44. The molecular weight excluding hydrogens is 328 g/mol. The van der Waals surface area contributed by atoms with E-state index in [-0.39, 0.29) is 10.1 Å². The summed E-state index contributed by atoms with van der Waals surface area (Å²) in [6, 6.07) is 0. The van der Waals surface area contributed by atoms with Gasteiger partial charge in [-0.25, -0.2) is 0 Å². The molecule has 0 amide bonds. The maximum atomic E-state index is 6.52. The molecule has 2 atom stereocenters. The van der Waals surface area contributed by atoms with E-state index in [0.717, 1.165) is 26.1 Å². The fraction of sp³-hybridized carbons (Fsp3) is 0.900. The van der Waals surface area contributed by atoms with E-state index in [4.69, 9.17) is 8.85 Å². The third kappa shape index (κ3) is 5.82. The van der Waals surface area contributed by atoms with E-state index in [1.165, 1.54) is 0 Å². The molecule has 0 N–H and O–H groups in total. The third-order valence-electron chi connectivity index (χ3n) is 6.64. The van der Waals surface area contributed by atoms with Crippen LogP contribution in [0.25, 0.3) is 0 Å². The topological polar surface area (TPSA) is 18.5 Å². The molecule has 0 saturated carbocycles. The highest BCUT2D eigenvalue weighted by Gasteiger charge is 2.40. The lowest BCUT2D eigenvalue weighted by atomic mass is 9.84. The van der Waals surface area contributed by atoms with E-state index in [1.807, 2.05) is 0 Å². The van der Waals surface area contributed by atoms with Crippen molar-refractivity contribution in [2.75, 3.05) is 13.2 Å². The minimum atomic E-state index is -1.66. The molecule has 0 radical (unpaired) electrons. The zero-order valence-electron chi connectivity index (χ0n) is 18.0. The van der Waals surface area contributed by atoms with Gasteiger partial charge in [-0.1, -0.05) is 53.7 Å². The first-order valence-corrected chi connectivity index (χ1v) is 15.4. The van der Waals surface area contributed by atoms with E-state index >= 15 is 0 Å². The van der Waals surface area contributed by atoms with Crippen LogP contribution in [-0.2, 0) is 8.85 Å². The molecule has 0 bridgehead atoms. The van der Waals surface area contributed by atoms with Crippen LogP contribution in [0.5, 0.6) is 0 Å². The van der Waals surface area contributed by atoms with Crippen molar-refractivity contribution in [2.24, 2.45) is 11.8 Å². The summed E-state index contributed by atoms with van der Waals surface area (Å²) in [6.45, 7) is 25.1. The maximum Gasteiger partial charge on any atom is 0.191 e. The third-order valence-corrected chi connectivity index (χ3v) is 15.6. The highest BCUT2D eigenvalue weighted by molar-refractivity contribution is 6.74. The summed E-state index contributed by atoms with van der Waals surface area (Å²) in [7, 11) is -3.33. The van der Waals surface area contributed by atoms with Gasteiger partial charge in [-0.2, -0.15) is 0 Å². The molecule has 2 nitrogen and oxygen atoms in total. The second-order valence-corrected chi connectivity index (χ2v) is 20.2. The molecule has 1 rings (SSSR count). The number of rotatable bonds is 6. The van der Waals surface area contributed by atoms with Crippen LogP contribution < -0.4 is 0 Å². The zero-order chi connectivity index (χ0) is 18.8. The largest absolute Gasteiger partial charge is 0.417 e. The molecule has 0 aromatic rings. The van der Waals surface area contributed by atoms with Gasteiger partial charge in [-0.15, -0.1) is 0 Å². The van der Waals surface area contributed by atoms with E-state index < -0.39 is 16.6 Å². The van der Waals surface area contributed by atoms with Gasteiger partial charge in [0.05, 0.1) is 0 Å². The second-order valence-electron chi connectivity index (χ2n) is 10.6. The fourth-order valence-corrected chi connectivity index (χ4v) is 4.53. The van der Waals surface area contributed by atoms with E-state index in [9.17, 15) is 0 Å². The van der Waals surface area contributed by atoms with Crippen LogP contribution in [0.1, 0.15) is 54.4 Å². The van der Waals surface area contributed by atoms with E-state index in [0.29, 0.717) is 11.8 Å². The lowest BCUT2D eigenvalue weighted by Gasteiger charge is -2.40. The van der Waals surface area contributed by atoms with Crippen LogP contribution >= 0.6 is 0 Å². The Bertz CT molecular complexity index is 388. The second kappa shape index (κ2) is 7.77. The summed E-state index contributed by atoms with van der Waals surface area (Å²) >= 11 is 0. The monoisotopic (exact) mass is 370 g/mol. The van der Waals surface area contributed by atoms with Gasteiger partial charge in [0.25, 0.3) is 0 Å². The summed E-state index contributed by atoms with van der Waals surface area (Å²) in [5, 5.41) is 0.565. The molecular formula is C20H42O2Si2. The predicted molar refractivity (Wildman–Crippen MR) is 112 cm³/mol. The average Bonchev–Trinajstić information content (AvgIpc) is 2.41. The van der Waals surface area contributed by atoms with Crippen molar-refractivity contribution in [2.45, 2.75) is 90.6 Å². The Kier molecular flexibility index (Phi) is 7.16. The first-order valence-electron chi connectivity index (χ1n) is 9.60. The molecule has 142 valence electrons. The summed E-state index contributed by atoms with van der Waals surface area (Å²) in [6.07, 6.45) is 6.95. The van der Waals surface area contributed by atoms with Crippen molar-refractivity contribution in [3.8, 4) is 0 Å². The molecule has 24 heavy (non-hydrogen) atoms. The van der Waals surface area contributed by atoms with Crippen LogP contribution in [0.4, 0.5) is 0 Å². The lowest BCUT2D eigenvalue weighted by molar-refractivity contribution is 0.125. The van der Waals surface area contributed by atoms with Gasteiger partial charge in [0.15, 0.2) is 16.6 Å². The van der Waals surface area contributed by atoms with Crippen molar-refractivity contribution in [3.63, 3.8) is 0 Å². The van der Waals surface area contributed by atoms with Gasteiger partial charge in [0, 0.05) is 13.2 Å². The molecule has 0 aliphatic heterocycles. The summed E-state index contributed by atoms with van der Waals surface area (Å²) < 4.78 is 13.0. The standard InChI is InChI=1S/C20H42O2Si2/c1-19(2,3)23(7,8)21-15-17-13-11-12-14-18(17)16-22-24(9,10)20(4,5)6/h11-12,17-18H,13-16H2,1-10H3/t17-,18-/m0/s1. The summed E-state index contributed by atoms with van der Waals surface area (Å²) in [4.78, 5) is 0. The van der Waals surface area contributed by atoms with Crippen LogP contribution in [-0.4, -0.2) is 29.8 Å². The quantitative estimate of drug-likeness (QED) is 0.387. The Labute approximate surface area is 153 Å². The van der Waals surface area contributed by atoms with E-state index in [2.05, 4.69) is 79.9 Å². The maximum absolute atomic E-state index is 6.52. The molecule has 4 heteroatoms. The minimum absolute atomic E-state index is 0.282. The van der Waals surface area contributed by atoms with Crippen LogP contribution in [0, 0.1) is 11.8 Å². The Morgan fingerprint density at radius 1 is 0.708 bits per heavy atom. The zero-order valence-corrected chi connectivity index (χ0v) is 20.0. The van der Waals surface area contributed by atoms with Crippen molar-refractivity contribution in [1.29, 1.82) is 0 Å². The molecule has 0 fully saturated rings. The Balaban J connectivity index is 2.66. The van der Waals surface area contributed by atoms with Gasteiger partial charge >= 0.3 is 0 Å². The molecule has 0 heterocycles. The van der Waals surface area contributed by atoms with Gasteiger partial charge in [0.2, 0.25) is 0 Å². The van der Waals surface area contributed by atoms with Crippen molar-refractivity contribution in [3.05, 3.63) is 12.2 Å². The molecule has 1 aliphatic rings. The SMILES string of the molecule is CC(C)(C)[Si](C)(C)OC[C@@H]1CC=CC[C@H]1CO[Si](C)(C)C(C)(C)C. The first kappa shape index (κ1) is 22.1. The first-order chi connectivity index (χ1) is 10.7. The normalized spacial score (nSPS) is 23.6. The van der Waals surface area contributed by atoms with Gasteiger partial charge in [-0.3, -0.25) is 0 Å². The molecule has 0 aromatic heterocycles. The molecule has 0 unspecified atom stereocenters. The average molecular weight is 371 g/mol. The van der Waals surface area contributed by atoms with Gasteiger partial charge in [0.1, 0.15) is 0 Å². The molecule has 0 saturated heterocycles. The van der Waals surface area contributed by atoms with Crippen molar-refractivity contribution < 1.29 is 8.85 Å². The van der Waals surface area contributed by atoms with Crippen LogP contribution in [0.15, 0.2) is 12.2 Å². The smallest absolute Gasteiger partial charge is 0.191 e. The summed E-state index contributed by atoms with van der Waals surface area (Å²) in [5.41, 5.74) is 0. The fourth-order valence-electron chi connectivity index (χ4n) is 2.40. The highest BCUT2D eigenvalue weighted by Crippen LogP contribution is 2.39. The minimum Gasteiger partial charge on any atom is -0.417 e. The summed E-state index contributed by atoms with van der Waals surface area (Å²) in [5.74, 6) is 1.21. The number of hydrogen-bond acceptors (Lipinski definition) is 2. The van der Waals surface area contributed by atoms with Crippen molar-refractivity contribution >= 4 is 16.6 Å². The number of allylic oxidation sites excluding steroid dienone is 2. The van der Waals surface area contributed by atoms with Gasteiger partial charge < -0.3 is 8.85 Å². The van der Waals surface area contributed by atoms with E-state index in [1.54, 1.807) is 0 Å². The molecule has 1 aliphatic carbocycles. The van der Waals surface area contributed by atoms with Crippen molar-refractivity contribution in [1.82, 2.24) is 0 Å². The molecule has 0 aromatic carbocycles. The Hall–Kier alpha value is 0.0938. The molecule has 0 spiro atoms. The Morgan fingerprint density at radius 3 is 1.25 bits per heavy atom. The van der Waals surface area contributed by atoms with Crippen LogP contribution in [0.3, 0.4) is 0 Å². The predicted octanol–water partition coefficient (Wildman–Crippen LogP) is 6.61. The highest BCUT2D eigenvalue weighted by atomic mass is 28.4.